The Morgan fingerprint density at radius 2 is 2.00 bits per heavy atom. The Labute approximate surface area is 99.5 Å². The minimum Gasteiger partial charge on any atom is -0.481 e. The van der Waals surface area contributed by atoms with E-state index in [2.05, 4.69) is 9.97 Å². The van der Waals surface area contributed by atoms with E-state index in [-0.39, 0.29) is 11.7 Å². The molecule has 0 amide bonds. The van der Waals surface area contributed by atoms with Crippen LogP contribution in [0.25, 0.3) is 0 Å². The van der Waals surface area contributed by atoms with Gasteiger partial charge < -0.3 is 5.11 Å². The number of carboxylic acids is 1. The fraction of sp³-hybridized carbons (Fsp3) is 0.545. The predicted molar refractivity (Wildman–Crippen MR) is 64.0 cm³/mol. The lowest BCUT2D eigenvalue weighted by molar-refractivity contribution is -0.133. The summed E-state index contributed by atoms with van der Waals surface area (Å²) < 4.78 is 0. The zero-order chi connectivity index (χ0) is 12.3. The molecule has 0 radical (unpaired) electrons. The average molecular weight is 240 g/mol. The molecule has 1 N–H and O–H groups in total. The first-order chi connectivity index (χ1) is 7.41. The number of carboxylic acid groups (broad SMARTS) is 1. The Morgan fingerprint density at radius 1 is 1.38 bits per heavy atom. The fourth-order valence-corrected chi connectivity index (χ4v) is 1.93. The second-order valence-corrected chi connectivity index (χ2v) is 4.90. The molecule has 5 heteroatoms. The second-order valence-electron chi connectivity index (χ2n) is 3.93. The first-order valence-electron chi connectivity index (χ1n) is 5.11. The van der Waals surface area contributed by atoms with Gasteiger partial charge >= 0.3 is 5.97 Å². The zero-order valence-electron chi connectivity index (χ0n) is 9.94. The van der Waals surface area contributed by atoms with E-state index in [1.807, 2.05) is 27.7 Å². The number of aromatic nitrogens is 2. The zero-order valence-corrected chi connectivity index (χ0v) is 10.8. The van der Waals surface area contributed by atoms with Crippen LogP contribution in [0.3, 0.4) is 0 Å². The summed E-state index contributed by atoms with van der Waals surface area (Å²) in [6.45, 7) is 7.89. The van der Waals surface area contributed by atoms with Gasteiger partial charge in [0.05, 0.1) is 5.75 Å². The molecule has 0 aromatic carbocycles. The van der Waals surface area contributed by atoms with Gasteiger partial charge in [0.15, 0.2) is 0 Å². The number of carbonyl (C=O) groups is 1. The molecule has 0 aliphatic heterocycles. The Hall–Kier alpha value is -1.10. The summed E-state index contributed by atoms with van der Waals surface area (Å²) in [5, 5.41) is 9.43. The maximum atomic E-state index is 10.5. The normalized spacial score (nSPS) is 10.8. The maximum Gasteiger partial charge on any atom is 0.313 e. The molecule has 0 spiro atoms. The van der Waals surface area contributed by atoms with Crippen molar-refractivity contribution < 1.29 is 9.90 Å². The molecule has 0 aliphatic carbocycles. The second kappa shape index (κ2) is 5.30. The van der Waals surface area contributed by atoms with Crippen molar-refractivity contribution >= 4 is 17.7 Å². The van der Waals surface area contributed by atoms with Gasteiger partial charge in [-0.15, -0.1) is 0 Å². The van der Waals surface area contributed by atoms with Gasteiger partial charge in [-0.05, 0) is 13.8 Å². The monoisotopic (exact) mass is 240 g/mol. The highest BCUT2D eigenvalue weighted by molar-refractivity contribution is 7.99. The third-order valence-electron chi connectivity index (χ3n) is 2.21. The third kappa shape index (κ3) is 3.20. The summed E-state index contributed by atoms with van der Waals surface area (Å²) in [5.74, 6) is 0.237. The summed E-state index contributed by atoms with van der Waals surface area (Å²) in [5.41, 5.74) is 1.89. The minimum absolute atomic E-state index is 0.0365. The summed E-state index contributed by atoms with van der Waals surface area (Å²) in [4.78, 5) is 19.3. The van der Waals surface area contributed by atoms with E-state index >= 15 is 0 Å². The highest BCUT2D eigenvalue weighted by atomic mass is 32.2. The van der Waals surface area contributed by atoms with Crippen LogP contribution in [0.15, 0.2) is 5.03 Å². The molecule has 1 heterocycles. The van der Waals surface area contributed by atoms with E-state index < -0.39 is 5.97 Å². The molecule has 0 aliphatic rings. The molecule has 4 nitrogen and oxygen atoms in total. The fourth-order valence-electron chi connectivity index (χ4n) is 1.15. The molecule has 0 fully saturated rings. The van der Waals surface area contributed by atoms with Crippen molar-refractivity contribution in [1.29, 1.82) is 0 Å². The van der Waals surface area contributed by atoms with Gasteiger partial charge in [0.25, 0.3) is 0 Å². The predicted octanol–water partition coefficient (Wildman–Crippen LogP) is 2.39. The summed E-state index contributed by atoms with van der Waals surface area (Å²) in [6, 6.07) is 0. The number of hydrogen-bond acceptors (Lipinski definition) is 4. The lowest BCUT2D eigenvalue weighted by atomic mass is 10.2. The first kappa shape index (κ1) is 13.0. The number of nitrogens with zero attached hydrogens (tertiary/aromatic N) is 2. The quantitative estimate of drug-likeness (QED) is 0.646. The molecule has 0 bridgehead atoms. The molecule has 0 saturated heterocycles. The Morgan fingerprint density at radius 3 is 2.50 bits per heavy atom. The van der Waals surface area contributed by atoms with Gasteiger partial charge in [0, 0.05) is 17.2 Å². The number of hydrogen-bond donors (Lipinski definition) is 1. The minimum atomic E-state index is -0.827. The molecule has 1 aromatic heterocycles. The van der Waals surface area contributed by atoms with Crippen molar-refractivity contribution in [2.24, 2.45) is 0 Å². The lowest BCUT2D eigenvalue weighted by Crippen LogP contribution is -2.05. The summed E-state index contributed by atoms with van der Waals surface area (Å²) in [7, 11) is 0. The SMILES string of the molecule is Cc1nc(C(C)C)nc(SCC(=O)O)c1C. The number of aryl methyl sites for hydroxylation is 1. The molecule has 0 unspecified atom stereocenters. The van der Waals surface area contributed by atoms with Gasteiger partial charge in [0.1, 0.15) is 10.9 Å². The number of aliphatic carboxylic acids is 1. The molecule has 0 atom stereocenters. The highest BCUT2D eigenvalue weighted by Gasteiger charge is 2.12. The molecule has 1 aromatic rings. The molecule has 1 rings (SSSR count). The van der Waals surface area contributed by atoms with E-state index in [0.29, 0.717) is 0 Å². The highest BCUT2D eigenvalue weighted by Crippen LogP contribution is 2.23. The van der Waals surface area contributed by atoms with Crippen LogP contribution in [-0.2, 0) is 4.79 Å². The molecular weight excluding hydrogens is 224 g/mol. The van der Waals surface area contributed by atoms with Crippen LogP contribution in [-0.4, -0.2) is 26.8 Å². The van der Waals surface area contributed by atoms with Crippen LogP contribution in [0.1, 0.15) is 36.8 Å². The van der Waals surface area contributed by atoms with Crippen molar-refractivity contribution in [3.63, 3.8) is 0 Å². The van der Waals surface area contributed by atoms with Gasteiger partial charge in [-0.1, -0.05) is 25.6 Å². The van der Waals surface area contributed by atoms with Gasteiger partial charge in [-0.25, -0.2) is 9.97 Å². The van der Waals surface area contributed by atoms with E-state index in [9.17, 15) is 4.79 Å². The smallest absolute Gasteiger partial charge is 0.313 e. The largest absolute Gasteiger partial charge is 0.481 e. The van der Waals surface area contributed by atoms with Crippen LogP contribution in [0, 0.1) is 13.8 Å². The van der Waals surface area contributed by atoms with Crippen LogP contribution in [0.4, 0.5) is 0 Å². The average Bonchev–Trinajstić information content (AvgIpc) is 2.19. The molecule has 16 heavy (non-hydrogen) atoms. The van der Waals surface area contributed by atoms with Gasteiger partial charge in [-0.3, -0.25) is 4.79 Å². The molecular formula is C11H16N2O2S. The summed E-state index contributed by atoms with van der Waals surface area (Å²) in [6.07, 6.45) is 0. The Kier molecular flexibility index (Phi) is 4.29. The van der Waals surface area contributed by atoms with E-state index in [4.69, 9.17) is 5.11 Å². The van der Waals surface area contributed by atoms with Gasteiger partial charge in [0.2, 0.25) is 0 Å². The van der Waals surface area contributed by atoms with Gasteiger partial charge in [-0.2, -0.15) is 0 Å². The van der Waals surface area contributed by atoms with E-state index in [0.717, 1.165) is 22.1 Å². The van der Waals surface area contributed by atoms with Crippen molar-refractivity contribution in [2.45, 2.75) is 38.6 Å². The number of thioether (sulfide) groups is 1. The van der Waals surface area contributed by atoms with E-state index in [1.165, 1.54) is 11.8 Å². The van der Waals surface area contributed by atoms with Crippen molar-refractivity contribution in [1.82, 2.24) is 9.97 Å². The number of rotatable bonds is 4. The van der Waals surface area contributed by atoms with E-state index in [1.54, 1.807) is 0 Å². The van der Waals surface area contributed by atoms with Crippen LogP contribution >= 0.6 is 11.8 Å². The van der Waals surface area contributed by atoms with Crippen molar-refractivity contribution in [3.8, 4) is 0 Å². The molecule has 88 valence electrons. The van der Waals surface area contributed by atoms with Crippen molar-refractivity contribution in [2.75, 3.05) is 5.75 Å². The Balaban J connectivity index is 3.01. The van der Waals surface area contributed by atoms with Crippen molar-refractivity contribution in [3.05, 3.63) is 17.1 Å². The van der Waals surface area contributed by atoms with Crippen LogP contribution in [0.5, 0.6) is 0 Å². The topological polar surface area (TPSA) is 63.1 Å². The molecule has 0 saturated carbocycles. The summed E-state index contributed by atoms with van der Waals surface area (Å²) >= 11 is 1.25. The van der Waals surface area contributed by atoms with Crippen LogP contribution in [0.2, 0.25) is 0 Å². The lowest BCUT2D eigenvalue weighted by Gasteiger charge is -2.10. The van der Waals surface area contributed by atoms with Crippen LogP contribution < -0.4 is 0 Å². The standard InChI is InChI=1S/C11H16N2O2S/c1-6(2)10-12-8(4)7(3)11(13-10)16-5-9(14)15/h6H,5H2,1-4H3,(H,14,15). The maximum absolute atomic E-state index is 10.5. The Bertz CT molecular complexity index is 405. The first-order valence-corrected chi connectivity index (χ1v) is 6.10. The third-order valence-corrected chi connectivity index (χ3v) is 3.27.